The lowest BCUT2D eigenvalue weighted by atomic mass is 10.0. The first-order chi connectivity index (χ1) is 43.0. The maximum Gasteiger partial charge on any atom is 0.160 e. The molecule has 4 aromatic heterocycles. The molecule has 87 heavy (non-hydrogen) atoms. The van der Waals surface area contributed by atoms with E-state index in [0.717, 1.165) is 66.0 Å². The van der Waals surface area contributed by atoms with E-state index in [4.69, 9.17) is 8.83 Å². The molecule has 0 aliphatic heterocycles. The topological polar surface area (TPSA) is 41.6 Å². The van der Waals surface area contributed by atoms with E-state index in [2.05, 4.69) is 299 Å². The van der Waals surface area contributed by atoms with Crippen molar-refractivity contribution >= 4 is 173 Å². The lowest BCUT2D eigenvalue weighted by molar-refractivity contribution is 0.667. The molecule has 0 saturated carbocycles. The average Bonchev–Trinajstić information content (AvgIpc) is 2.76. The van der Waals surface area contributed by atoms with Crippen molar-refractivity contribution in [3.05, 3.63) is 308 Å². The predicted molar refractivity (Wildman–Crippen MR) is 378 cm³/mol. The van der Waals surface area contributed by atoms with Crippen molar-refractivity contribution < 1.29 is 8.83 Å². The molecule has 14 aromatic carbocycles. The molecule has 0 aliphatic carbocycles. The number of para-hydroxylation sites is 2. The van der Waals surface area contributed by atoms with E-state index in [0.29, 0.717) is 0 Å². The van der Waals surface area contributed by atoms with E-state index in [-0.39, 0.29) is 0 Å². The highest BCUT2D eigenvalue weighted by Crippen LogP contribution is 2.48. The molecule has 0 fully saturated rings. The van der Waals surface area contributed by atoms with Gasteiger partial charge in [0.15, 0.2) is 5.58 Å². The van der Waals surface area contributed by atoms with Crippen LogP contribution in [0.3, 0.4) is 0 Å². The number of rotatable bonds is 7. The van der Waals surface area contributed by atoms with Crippen LogP contribution in [0.5, 0.6) is 0 Å². The van der Waals surface area contributed by atoms with Gasteiger partial charge in [-0.25, -0.2) is 0 Å². The first-order valence-corrected chi connectivity index (χ1v) is 31.5. The first-order valence-electron chi connectivity index (χ1n) is 29.1. The fourth-order valence-electron chi connectivity index (χ4n) is 12.3. The second kappa shape index (κ2) is 22.3. The molecule has 4 nitrogen and oxygen atoms in total. The fourth-order valence-corrected chi connectivity index (χ4v) is 15.1. The Morgan fingerprint density at radius 3 is 1.31 bits per heavy atom. The quantitative estimate of drug-likeness (QED) is 0.173. The SMILES string of the molecule is Brc1cc2ccccc2c2c1oc1ccccc12.c1ccc(-c2ccc(N(c3ccc4c(c3)sc3ccccc34)c3cc4ccccc4c4c3oc3ccccc34)cc2)cc1.c1ccc(-c2ccc(Nc3ccc4c(c3)sc3ccccc34)cc2)cc1. The first kappa shape index (κ1) is 52.3. The largest absolute Gasteiger partial charge is 0.455 e. The number of fused-ring (bicyclic) bond motifs is 16. The van der Waals surface area contributed by atoms with Crippen LogP contribution in [0.25, 0.3) is 128 Å². The predicted octanol–water partition coefficient (Wildman–Crippen LogP) is 25.2. The van der Waals surface area contributed by atoms with Crippen LogP contribution >= 0.6 is 38.6 Å². The van der Waals surface area contributed by atoms with E-state index in [1.54, 1.807) is 0 Å². The summed E-state index contributed by atoms with van der Waals surface area (Å²) in [4.78, 5) is 2.36. The normalized spacial score (nSPS) is 11.5. The minimum absolute atomic E-state index is 0.892. The zero-order valence-corrected chi connectivity index (χ0v) is 50.0. The number of nitrogens with zero attached hydrogens (tertiary/aromatic N) is 1. The van der Waals surface area contributed by atoms with Crippen molar-refractivity contribution in [2.75, 3.05) is 10.2 Å². The van der Waals surface area contributed by atoms with E-state index in [9.17, 15) is 0 Å². The molecular weight excluding hydrogens is 1160 g/mol. The monoisotopic (exact) mass is 1210 g/mol. The van der Waals surface area contributed by atoms with E-state index in [1.165, 1.54) is 94.9 Å². The molecule has 0 radical (unpaired) electrons. The van der Waals surface area contributed by atoms with Crippen molar-refractivity contribution in [2.24, 2.45) is 0 Å². The highest BCUT2D eigenvalue weighted by Gasteiger charge is 2.23. The van der Waals surface area contributed by atoms with Gasteiger partial charge in [-0.15, -0.1) is 22.7 Å². The molecule has 0 aliphatic rings. The highest BCUT2D eigenvalue weighted by atomic mass is 79.9. The Balaban J connectivity index is 0.000000117. The molecule has 18 aromatic rings. The number of hydrogen-bond acceptors (Lipinski definition) is 6. The summed E-state index contributed by atoms with van der Waals surface area (Å²) >= 11 is 7.29. The van der Waals surface area contributed by atoms with Gasteiger partial charge in [0.1, 0.15) is 16.7 Å². The van der Waals surface area contributed by atoms with Crippen LogP contribution in [-0.2, 0) is 0 Å². The van der Waals surface area contributed by atoms with Crippen molar-refractivity contribution in [3.63, 3.8) is 0 Å². The lowest BCUT2D eigenvalue weighted by Crippen LogP contribution is -2.10. The maximum absolute atomic E-state index is 6.71. The van der Waals surface area contributed by atoms with E-state index >= 15 is 0 Å². The zero-order valence-electron chi connectivity index (χ0n) is 46.8. The van der Waals surface area contributed by atoms with E-state index < -0.39 is 0 Å². The summed E-state index contributed by atoms with van der Waals surface area (Å²) in [5.41, 5.74) is 14.0. The third-order valence-electron chi connectivity index (χ3n) is 16.4. The summed E-state index contributed by atoms with van der Waals surface area (Å²) < 4.78 is 18.9. The van der Waals surface area contributed by atoms with Crippen molar-refractivity contribution in [2.45, 2.75) is 0 Å². The van der Waals surface area contributed by atoms with Gasteiger partial charge < -0.3 is 19.1 Å². The van der Waals surface area contributed by atoms with Crippen LogP contribution in [0.15, 0.2) is 317 Å². The van der Waals surface area contributed by atoms with Crippen LogP contribution < -0.4 is 10.2 Å². The minimum atomic E-state index is 0.892. The van der Waals surface area contributed by atoms with Gasteiger partial charge in [-0.2, -0.15) is 0 Å². The Labute approximate surface area is 518 Å². The molecule has 7 heteroatoms. The lowest BCUT2D eigenvalue weighted by Gasteiger charge is -2.26. The number of nitrogens with one attached hydrogen (secondary N) is 1. The zero-order chi connectivity index (χ0) is 57.8. The smallest absolute Gasteiger partial charge is 0.160 e. The average molecular weight is 1220 g/mol. The van der Waals surface area contributed by atoms with Gasteiger partial charge in [-0.1, -0.05) is 218 Å². The minimum Gasteiger partial charge on any atom is -0.455 e. The number of halogens is 1. The van der Waals surface area contributed by atoms with Gasteiger partial charge in [0.05, 0.1) is 10.2 Å². The van der Waals surface area contributed by atoms with Crippen LogP contribution in [0.2, 0.25) is 0 Å². The van der Waals surface area contributed by atoms with Gasteiger partial charge in [0, 0.05) is 84.6 Å². The molecule has 412 valence electrons. The Morgan fingerprint density at radius 2 is 0.713 bits per heavy atom. The highest BCUT2D eigenvalue weighted by molar-refractivity contribution is 9.10. The number of benzene rings is 14. The van der Waals surface area contributed by atoms with Gasteiger partial charge >= 0.3 is 0 Å². The maximum atomic E-state index is 6.71. The van der Waals surface area contributed by atoms with Crippen LogP contribution in [0, 0.1) is 0 Å². The summed E-state index contributed by atoms with van der Waals surface area (Å²) in [5.74, 6) is 0. The Morgan fingerprint density at radius 1 is 0.299 bits per heavy atom. The van der Waals surface area contributed by atoms with Crippen LogP contribution in [-0.4, -0.2) is 0 Å². The van der Waals surface area contributed by atoms with Crippen molar-refractivity contribution in [1.82, 2.24) is 0 Å². The van der Waals surface area contributed by atoms with E-state index in [1.807, 2.05) is 53.0 Å². The second-order valence-electron chi connectivity index (χ2n) is 21.7. The summed E-state index contributed by atoms with van der Waals surface area (Å²) in [6.07, 6.45) is 0. The Bertz CT molecular complexity index is 5570. The van der Waals surface area contributed by atoms with Crippen molar-refractivity contribution in [3.8, 4) is 22.3 Å². The molecule has 0 spiro atoms. The third-order valence-corrected chi connectivity index (χ3v) is 19.3. The Hall–Kier alpha value is -10.3. The van der Waals surface area contributed by atoms with Gasteiger partial charge in [-0.3, -0.25) is 0 Å². The molecule has 0 atom stereocenters. The second-order valence-corrected chi connectivity index (χ2v) is 24.7. The fraction of sp³-hybridized carbons (Fsp3) is 0. The Kier molecular flexibility index (Phi) is 13.4. The third kappa shape index (κ3) is 9.72. The molecule has 0 bridgehead atoms. The number of furan rings is 2. The number of thiophene rings is 2. The summed E-state index contributed by atoms with van der Waals surface area (Å²) in [7, 11) is 0. The molecule has 4 heterocycles. The summed E-state index contributed by atoms with van der Waals surface area (Å²) in [6.45, 7) is 0. The number of anilines is 5. The molecule has 1 N–H and O–H groups in total. The molecule has 0 saturated heterocycles. The van der Waals surface area contributed by atoms with Crippen LogP contribution in [0.4, 0.5) is 28.4 Å². The summed E-state index contributed by atoms with van der Waals surface area (Å²) in [6, 6.07) is 107. The standard InChI is InChI=1S/C40H25NOS.C24H17NS.C16H9BrO/c1-2-10-26(11-3-1)27-18-20-29(21-19-27)41(30-22-23-33-32-14-7-9-17-37(32)43-38(33)25-30)35-24-28-12-4-5-13-31(28)39-34-15-6-8-16-36(34)42-40(35)39;1-2-6-17(7-3-1)18-10-12-19(13-11-18)25-20-14-15-22-21-8-4-5-9-23(21)26-24(22)16-20;17-13-9-10-5-1-2-6-11(10)15-12-7-3-4-8-14(12)18-16(13)15/h1-25H;1-16,25H;1-9H. The number of hydrogen-bond donors (Lipinski definition) is 1. The van der Waals surface area contributed by atoms with Crippen molar-refractivity contribution in [1.29, 1.82) is 0 Å². The molecule has 0 unspecified atom stereocenters. The van der Waals surface area contributed by atoms with Gasteiger partial charge in [-0.05, 0) is 145 Å². The molecule has 0 amide bonds. The molecular formula is C80H51BrN2O2S2. The molecule has 18 rings (SSSR count). The van der Waals surface area contributed by atoms with Gasteiger partial charge in [0.25, 0.3) is 0 Å². The summed E-state index contributed by atoms with van der Waals surface area (Å²) in [5, 5.41) is 18.3. The van der Waals surface area contributed by atoms with Gasteiger partial charge in [0.2, 0.25) is 0 Å². The van der Waals surface area contributed by atoms with Crippen LogP contribution in [0.1, 0.15) is 0 Å².